The Morgan fingerprint density at radius 3 is 2.04 bits per heavy atom. The van der Waals surface area contributed by atoms with Crippen molar-refractivity contribution < 1.29 is 23.5 Å². The predicted octanol–water partition coefficient (Wildman–Crippen LogP) is 3.38. The second-order valence-electron chi connectivity index (χ2n) is 6.25. The topological polar surface area (TPSA) is 40.8 Å². The molecule has 4 rings (SSSR count). The summed E-state index contributed by atoms with van der Waals surface area (Å²) in [6.07, 6.45) is 0.931. The van der Waals surface area contributed by atoms with Crippen LogP contribution in [0.3, 0.4) is 0 Å². The van der Waals surface area contributed by atoms with E-state index >= 15 is 0 Å². The smallest absolute Gasteiger partial charge is 0.217 e. The van der Waals surface area contributed by atoms with Crippen molar-refractivity contribution >= 4 is 10.9 Å². The average molecular weight is 352 g/mol. The summed E-state index contributed by atoms with van der Waals surface area (Å²) < 4.78 is 24.2. The van der Waals surface area contributed by atoms with Gasteiger partial charge in [0.1, 0.15) is 0 Å². The molecule has 0 radical (unpaired) electrons. The van der Waals surface area contributed by atoms with Crippen LogP contribution in [0.2, 0.25) is 0 Å². The lowest BCUT2D eigenvalue weighted by atomic mass is 9.95. The number of pyridine rings is 1. The van der Waals surface area contributed by atoms with Crippen LogP contribution in [0.5, 0.6) is 23.0 Å². The molecular weight excluding hydrogens is 330 g/mol. The lowest BCUT2D eigenvalue weighted by Gasteiger charge is -2.19. The van der Waals surface area contributed by atoms with E-state index < -0.39 is 0 Å². The minimum Gasteiger partial charge on any atom is -0.493 e. The second-order valence-corrected chi connectivity index (χ2v) is 6.25. The summed E-state index contributed by atoms with van der Waals surface area (Å²) in [5, 5.41) is 1.12. The number of aromatic nitrogens is 1. The molecule has 0 amide bonds. The van der Waals surface area contributed by atoms with E-state index in [0.29, 0.717) is 0 Å². The highest BCUT2D eigenvalue weighted by Crippen LogP contribution is 2.38. The van der Waals surface area contributed by atoms with Gasteiger partial charge >= 0.3 is 0 Å². The van der Waals surface area contributed by atoms with Gasteiger partial charge in [0.2, 0.25) is 11.2 Å². The van der Waals surface area contributed by atoms with Gasteiger partial charge in [-0.15, -0.1) is 0 Å². The van der Waals surface area contributed by atoms with E-state index in [0.717, 1.165) is 52.6 Å². The van der Waals surface area contributed by atoms with Crippen LogP contribution in [0.15, 0.2) is 36.4 Å². The standard InChI is InChI=1S/C21H22NO4/c1-23-18-9-13-7-8-22-16(15(13)11-20(18)25-3)6-5-14-10-19(24-2)21(26-4)12-17(14)22/h5-6,9-12H,7-8H2,1-4H3/q+1. The molecule has 0 atom stereocenters. The van der Waals surface area contributed by atoms with E-state index in [4.69, 9.17) is 18.9 Å². The molecule has 0 spiro atoms. The molecule has 0 bridgehead atoms. The third-order valence-electron chi connectivity index (χ3n) is 5.03. The van der Waals surface area contributed by atoms with E-state index in [2.05, 4.69) is 28.8 Å². The Balaban J connectivity index is 1.96. The van der Waals surface area contributed by atoms with Crippen LogP contribution in [-0.4, -0.2) is 28.4 Å². The van der Waals surface area contributed by atoms with Gasteiger partial charge in [0.15, 0.2) is 29.5 Å². The summed E-state index contributed by atoms with van der Waals surface area (Å²) >= 11 is 0. The molecular formula is C21H22NO4+. The van der Waals surface area contributed by atoms with Crippen molar-refractivity contribution in [3.05, 3.63) is 42.0 Å². The van der Waals surface area contributed by atoms with Crippen LogP contribution in [0.1, 0.15) is 5.56 Å². The number of nitrogens with zero attached hydrogens (tertiary/aromatic N) is 1. The maximum Gasteiger partial charge on any atom is 0.217 e. The Morgan fingerprint density at radius 1 is 0.731 bits per heavy atom. The Morgan fingerprint density at radius 2 is 1.35 bits per heavy atom. The monoisotopic (exact) mass is 352 g/mol. The highest BCUT2D eigenvalue weighted by atomic mass is 16.5. The zero-order chi connectivity index (χ0) is 18.3. The molecule has 1 aliphatic heterocycles. The SMILES string of the molecule is COc1cc2c(cc1OC)-c1ccc3cc(OC)c(OC)cc3[n+]1CC2. The molecule has 1 aromatic heterocycles. The maximum absolute atomic E-state index is 5.50. The van der Waals surface area contributed by atoms with Crippen molar-refractivity contribution in [1.82, 2.24) is 0 Å². The van der Waals surface area contributed by atoms with Crippen molar-refractivity contribution in [3.63, 3.8) is 0 Å². The first-order valence-electron chi connectivity index (χ1n) is 8.54. The van der Waals surface area contributed by atoms with Gasteiger partial charge in [0, 0.05) is 12.5 Å². The first-order chi connectivity index (χ1) is 12.7. The number of rotatable bonds is 4. The molecule has 0 unspecified atom stereocenters. The zero-order valence-electron chi connectivity index (χ0n) is 15.5. The summed E-state index contributed by atoms with van der Waals surface area (Å²) in [5.74, 6) is 2.99. The summed E-state index contributed by atoms with van der Waals surface area (Å²) in [5.41, 5.74) is 4.72. The number of hydrogen-bond acceptors (Lipinski definition) is 4. The predicted molar refractivity (Wildman–Crippen MR) is 99.5 cm³/mol. The lowest BCUT2D eigenvalue weighted by molar-refractivity contribution is -0.661. The van der Waals surface area contributed by atoms with Gasteiger partial charge in [0.05, 0.1) is 45.5 Å². The minimum atomic E-state index is 0.735. The molecule has 134 valence electrons. The Hall–Kier alpha value is -2.95. The van der Waals surface area contributed by atoms with Crippen LogP contribution in [0.25, 0.3) is 22.2 Å². The molecule has 0 saturated carbocycles. The Labute approximate surface area is 152 Å². The quantitative estimate of drug-likeness (QED) is 0.675. The van der Waals surface area contributed by atoms with Crippen LogP contribution in [-0.2, 0) is 13.0 Å². The van der Waals surface area contributed by atoms with E-state index in [1.54, 1.807) is 28.4 Å². The van der Waals surface area contributed by atoms with Crippen LogP contribution in [0.4, 0.5) is 0 Å². The van der Waals surface area contributed by atoms with Gasteiger partial charge in [-0.25, -0.2) is 0 Å². The Bertz CT molecular complexity index is 997. The number of benzene rings is 2. The van der Waals surface area contributed by atoms with Crippen molar-refractivity contribution in [2.75, 3.05) is 28.4 Å². The number of methoxy groups -OCH3 is 4. The number of aryl methyl sites for hydroxylation is 2. The van der Waals surface area contributed by atoms with Crippen molar-refractivity contribution in [1.29, 1.82) is 0 Å². The van der Waals surface area contributed by atoms with Gasteiger partial charge < -0.3 is 18.9 Å². The fourth-order valence-corrected chi connectivity index (χ4v) is 3.71. The summed E-state index contributed by atoms with van der Waals surface area (Å²) in [4.78, 5) is 0. The van der Waals surface area contributed by atoms with Crippen molar-refractivity contribution in [2.24, 2.45) is 0 Å². The fraction of sp³-hybridized carbons (Fsp3) is 0.286. The highest BCUT2D eigenvalue weighted by Gasteiger charge is 2.27. The van der Waals surface area contributed by atoms with Crippen LogP contribution < -0.4 is 23.5 Å². The van der Waals surface area contributed by atoms with Gasteiger partial charge in [0.25, 0.3) is 0 Å². The first-order valence-corrected chi connectivity index (χ1v) is 8.54. The molecule has 26 heavy (non-hydrogen) atoms. The lowest BCUT2D eigenvalue weighted by Crippen LogP contribution is -2.41. The largest absolute Gasteiger partial charge is 0.493 e. The fourth-order valence-electron chi connectivity index (χ4n) is 3.71. The van der Waals surface area contributed by atoms with Crippen molar-refractivity contribution in [2.45, 2.75) is 13.0 Å². The van der Waals surface area contributed by atoms with Crippen LogP contribution in [0, 0.1) is 0 Å². The molecule has 2 heterocycles. The molecule has 0 saturated heterocycles. The Kier molecular flexibility index (Phi) is 4.07. The summed E-state index contributed by atoms with van der Waals surface area (Å²) in [6.45, 7) is 0.893. The molecule has 0 N–H and O–H groups in total. The molecule has 2 aromatic carbocycles. The van der Waals surface area contributed by atoms with Gasteiger partial charge in [-0.3, -0.25) is 0 Å². The normalized spacial score (nSPS) is 12.3. The van der Waals surface area contributed by atoms with E-state index in [9.17, 15) is 0 Å². The first kappa shape index (κ1) is 16.5. The molecule has 3 aromatic rings. The molecule has 0 fully saturated rings. The molecule has 1 aliphatic rings. The van der Waals surface area contributed by atoms with E-state index in [1.165, 1.54) is 11.1 Å². The number of ether oxygens (including phenoxy) is 4. The maximum atomic E-state index is 5.50. The second kappa shape index (κ2) is 6.41. The summed E-state index contributed by atoms with van der Waals surface area (Å²) in [6, 6.07) is 12.5. The van der Waals surface area contributed by atoms with Crippen LogP contribution >= 0.6 is 0 Å². The van der Waals surface area contributed by atoms with E-state index in [1.807, 2.05) is 12.1 Å². The molecule has 0 aliphatic carbocycles. The highest BCUT2D eigenvalue weighted by molar-refractivity contribution is 5.82. The zero-order valence-corrected chi connectivity index (χ0v) is 15.5. The van der Waals surface area contributed by atoms with Gasteiger partial charge in [-0.2, -0.15) is 4.57 Å². The van der Waals surface area contributed by atoms with E-state index in [-0.39, 0.29) is 0 Å². The third kappa shape index (κ3) is 2.43. The van der Waals surface area contributed by atoms with Crippen molar-refractivity contribution in [3.8, 4) is 34.3 Å². The minimum absolute atomic E-state index is 0.735. The van der Waals surface area contributed by atoms with Gasteiger partial charge in [-0.05, 0) is 29.8 Å². The molecule has 5 nitrogen and oxygen atoms in total. The average Bonchev–Trinajstić information content (AvgIpc) is 2.70. The summed E-state index contributed by atoms with van der Waals surface area (Å²) in [7, 11) is 6.66. The number of fused-ring (bicyclic) bond motifs is 5. The third-order valence-corrected chi connectivity index (χ3v) is 5.03. The molecule has 5 heteroatoms. The van der Waals surface area contributed by atoms with Gasteiger partial charge in [-0.1, -0.05) is 0 Å². The number of hydrogen-bond donors (Lipinski definition) is 0.